The number of imide groups is 2. The van der Waals surface area contributed by atoms with Crippen molar-refractivity contribution >= 4 is 23.6 Å². The zero-order chi connectivity index (χ0) is 16.8. The Hall–Kier alpha value is -3.28. The van der Waals surface area contributed by atoms with Crippen LogP contribution in [0.1, 0.15) is 41.4 Å². The lowest BCUT2D eigenvalue weighted by molar-refractivity contribution is 0.0602. The molecule has 6 nitrogen and oxygen atoms in total. The Morgan fingerprint density at radius 1 is 0.625 bits per heavy atom. The summed E-state index contributed by atoms with van der Waals surface area (Å²) in [6.07, 6.45) is 0. The summed E-state index contributed by atoms with van der Waals surface area (Å²) in [6, 6.07) is 13.0. The van der Waals surface area contributed by atoms with Gasteiger partial charge in [0.05, 0.1) is 35.3 Å². The molecule has 0 aromatic heterocycles. The van der Waals surface area contributed by atoms with Gasteiger partial charge in [0, 0.05) is 0 Å². The zero-order valence-corrected chi connectivity index (χ0v) is 12.4. The molecule has 0 aliphatic carbocycles. The van der Waals surface area contributed by atoms with Crippen LogP contribution in [0.25, 0.3) is 0 Å². The molecule has 0 fully saturated rings. The summed E-state index contributed by atoms with van der Waals surface area (Å²) in [5.41, 5.74) is 1.30. The van der Waals surface area contributed by atoms with Gasteiger partial charge in [-0.25, -0.2) is 0 Å². The number of nitrogens with zero attached hydrogens (tertiary/aromatic N) is 2. The van der Waals surface area contributed by atoms with E-state index in [1.165, 1.54) is 6.54 Å². The maximum Gasteiger partial charge on any atom is 0.261 e. The van der Waals surface area contributed by atoms with Gasteiger partial charge < -0.3 is 0 Å². The third kappa shape index (κ3) is 1.89. The number of benzene rings is 2. The van der Waals surface area contributed by atoms with E-state index in [9.17, 15) is 19.2 Å². The molecule has 4 amide bonds. The highest BCUT2D eigenvalue weighted by atomic mass is 16.2. The third-order valence-corrected chi connectivity index (χ3v) is 4.15. The summed E-state index contributed by atoms with van der Waals surface area (Å²) < 4.78 is 0. The number of hydrogen-bond acceptors (Lipinski definition) is 4. The first-order valence-corrected chi connectivity index (χ1v) is 7.35. The smallest absolute Gasteiger partial charge is 0.261 e. The summed E-state index contributed by atoms with van der Waals surface area (Å²) >= 11 is 0. The van der Waals surface area contributed by atoms with Gasteiger partial charge in [-0.1, -0.05) is 24.3 Å². The van der Waals surface area contributed by atoms with Crippen LogP contribution in [0.15, 0.2) is 48.5 Å². The maximum atomic E-state index is 12.3. The minimum Gasteiger partial charge on any atom is -0.272 e. The van der Waals surface area contributed by atoms with Crippen molar-refractivity contribution in [3.63, 3.8) is 0 Å². The van der Waals surface area contributed by atoms with Gasteiger partial charge in [0.25, 0.3) is 23.6 Å². The first-order valence-electron chi connectivity index (χ1n) is 7.35. The molecule has 0 bridgehead atoms. The van der Waals surface area contributed by atoms with Crippen LogP contribution in [0.3, 0.4) is 0 Å². The van der Waals surface area contributed by atoms with E-state index in [-0.39, 0.29) is 6.54 Å². The van der Waals surface area contributed by atoms with Crippen LogP contribution in [0.4, 0.5) is 0 Å². The molecule has 2 aliphatic rings. The Morgan fingerprint density at radius 2 is 1.00 bits per heavy atom. The van der Waals surface area contributed by atoms with Gasteiger partial charge in [-0.2, -0.15) is 0 Å². The molecule has 2 heterocycles. The van der Waals surface area contributed by atoms with Crippen molar-refractivity contribution in [1.29, 1.82) is 0 Å². The quantitative estimate of drug-likeness (QED) is 0.808. The summed E-state index contributed by atoms with van der Waals surface area (Å²) in [7, 11) is 0. The van der Waals surface area contributed by atoms with E-state index in [2.05, 4.69) is 0 Å². The Labute approximate surface area is 137 Å². The van der Waals surface area contributed by atoms with Crippen molar-refractivity contribution < 1.29 is 19.2 Å². The van der Waals surface area contributed by atoms with Crippen molar-refractivity contribution in [2.75, 3.05) is 6.54 Å². The fourth-order valence-electron chi connectivity index (χ4n) is 2.94. The van der Waals surface area contributed by atoms with E-state index in [0.29, 0.717) is 22.3 Å². The van der Waals surface area contributed by atoms with Gasteiger partial charge in [0.1, 0.15) is 0 Å². The standard InChI is InChI=1S/C18H11N2O4/c21-15-11-5-1-2-6-12(11)16(22)19(15)9-10-20-17(23)13-7-3-4-8-14(13)18(20)24/h1-9H,10H2. The molecule has 1 radical (unpaired) electrons. The molecule has 0 N–H and O–H groups in total. The lowest BCUT2D eigenvalue weighted by atomic mass is 10.1. The van der Waals surface area contributed by atoms with Crippen LogP contribution in [0, 0.1) is 6.54 Å². The largest absolute Gasteiger partial charge is 0.272 e. The lowest BCUT2D eigenvalue weighted by Gasteiger charge is -2.18. The van der Waals surface area contributed by atoms with Crippen LogP contribution in [-0.2, 0) is 0 Å². The van der Waals surface area contributed by atoms with Crippen molar-refractivity contribution in [1.82, 2.24) is 9.80 Å². The molecule has 0 unspecified atom stereocenters. The normalized spacial score (nSPS) is 16.0. The molecule has 2 aromatic carbocycles. The predicted octanol–water partition coefficient (Wildman–Crippen LogP) is 1.74. The van der Waals surface area contributed by atoms with Gasteiger partial charge in [-0.05, 0) is 24.3 Å². The zero-order valence-electron chi connectivity index (χ0n) is 12.4. The molecule has 0 atom stereocenters. The molecule has 2 aromatic rings. The summed E-state index contributed by atoms with van der Waals surface area (Å²) in [6.45, 7) is 1.14. The third-order valence-electron chi connectivity index (χ3n) is 4.15. The number of hydrogen-bond donors (Lipinski definition) is 0. The van der Waals surface area contributed by atoms with Crippen LogP contribution >= 0.6 is 0 Å². The van der Waals surface area contributed by atoms with Crippen LogP contribution < -0.4 is 0 Å². The molecule has 2 aliphatic heterocycles. The average molecular weight is 319 g/mol. The Bertz CT molecular complexity index is 773. The van der Waals surface area contributed by atoms with Crippen LogP contribution in [-0.4, -0.2) is 40.0 Å². The summed E-state index contributed by atoms with van der Waals surface area (Å²) in [5.74, 6) is -1.76. The molecule has 24 heavy (non-hydrogen) atoms. The predicted molar refractivity (Wildman–Crippen MR) is 83.1 cm³/mol. The highest BCUT2D eigenvalue weighted by Crippen LogP contribution is 2.26. The van der Waals surface area contributed by atoms with Gasteiger partial charge in [-0.15, -0.1) is 0 Å². The first-order chi connectivity index (χ1) is 11.6. The molecule has 0 saturated carbocycles. The van der Waals surface area contributed by atoms with E-state index < -0.39 is 23.6 Å². The van der Waals surface area contributed by atoms with Gasteiger partial charge in [0.2, 0.25) is 0 Å². The van der Waals surface area contributed by atoms with Crippen molar-refractivity contribution in [2.45, 2.75) is 0 Å². The molecular weight excluding hydrogens is 308 g/mol. The molecule has 0 spiro atoms. The van der Waals surface area contributed by atoms with E-state index in [1.807, 2.05) is 0 Å². The van der Waals surface area contributed by atoms with Gasteiger partial charge in [-0.3, -0.25) is 29.0 Å². The monoisotopic (exact) mass is 319 g/mol. The van der Waals surface area contributed by atoms with E-state index in [0.717, 1.165) is 9.80 Å². The maximum absolute atomic E-state index is 12.3. The van der Waals surface area contributed by atoms with E-state index in [1.54, 1.807) is 48.5 Å². The highest BCUT2D eigenvalue weighted by Gasteiger charge is 2.39. The topological polar surface area (TPSA) is 74.8 Å². The fourth-order valence-corrected chi connectivity index (χ4v) is 2.94. The van der Waals surface area contributed by atoms with Crippen molar-refractivity contribution in [2.24, 2.45) is 0 Å². The van der Waals surface area contributed by atoms with Crippen LogP contribution in [0.2, 0.25) is 0 Å². The average Bonchev–Trinajstić information content (AvgIpc) is 3.00. The first kappa shape index (κ1) is 14.3. The molecule has 117 valence electrons. The summed E-state index contributed by atoms with van der Waals surface area (Å²) in [4.78, 5) is 51.1. The van der Waals surface area contributed by atoms with Gasteiger partial charge in [0.15, 0.2) is 0 Å². The summed E-state index contributed by atoms with van der Waals surface area (Å²) in [5, 5.41) is 0. The van der Waals surface area contributed by atoms with E-state index in [4.69, 9.17) is 0 Å². The Morgan fingerprint density at radius 3 is 1.42 bits per heavy atom. The van der Waals surface area contributed by atoms with Crippen LogP contribution in [0.5, 0.6) is 0 Å². The number of amides is 4. The second kappa shape index (κ2) is 5.13. The molecule has 6 heteroatoms. The highest BCUT2D eigenvalue weighted by molar-refractivity contribution is 6.23. The number of fused-ring (bicyclic) bond motifs is 2. The SMILES string of the molecule is O=C1c2ccccc2C(=O)N1[CH]CN1C(=O)c2ccccc2C1=O. The molecular formula is C18H11N2O4. The number of rotatable bonds is 3. The minimum atomic E-state index is -0.452. The van der Waals surface area contributed by atoms with E-state index >= 15 is 0 Å². The van der Waals surface area contributed by atoms with Crippen molar-refractivity contribution in [3.05, 3.63) is 77.3 Å². The van der Waals surface area contributed by atoms with Gasteiger partial charge >= 0.3 is 0 Å². The van der Waals surface area contributed by atoms with Crippen molar-refractivity contribution in [3.8, 4) is 0 Å². The second-order valence-electron chi connectivity index (χ2n) is 5.47. The molecule has 4 rings (SSSR count). The number of carbonyl (C=O) groups excluding carboxylic acids is 4. The second-order valence-corrected chi connectivity index (χ2v) is 5.47. The molecule has 0 saturated heterocycles. The Kier molecular flexibility index (Phi) is 3.06. The minimum absolute atomic E-state index is 0.141. The fraction of sp³-hybridized carbons (Fsp3) is 0.0556. The number of carbonyl (C=O) groups is 4. The Balaban J connectivity index is 1.53. The lowest BCUT2D eigenvalue weighted by Crippen LogP contribution is -2.37.